The van der Waals surface area contributed by atoms with Crippen molar-refractivity contribution in [2.24, 2.45) is 0 Å². The third-order valence-electron chi connectivity index (χ3n) is 3.90. The third kappa shape index (κ3) is 3.79. The fourth-order valence-electron chi connectivity index (χ4n) is 2.75. The highest BCUT2D eigenvalue weighted by atomic mass is 35.5. The highest BCUT2D eigenvalue weighted by Crippen LogP contribution is 2.19. The van der Waals surface area contributed by atoms with Gasteiger partial charge in [-0.25, -0.2) is 0 Å². The van der Waals surface area contributed by atoms with Crippen molar-refractivity contribution in [1.29, 1.82) is 0 Å². The molecule has 0 spiro atoms. The molecule has 0 aromatic heterocycles. The number of benzene rings is 3. The fourth-order valence-corrected chi connectivity index (χ4v) is 2.88. The summed E-state index contributed by atoms with van der Waals surface area (Å²) in [4.78, 5) is 14.4. The van der Waals surface area contributed by atoms with Gasteiger partial charge >= 0.3 is 0 Å². The van der Waals surface area contributed by atoms with Crippen molar-refractivity contribution in [1.82, 2.24) is 4.90 Å². The Morgan fingerprint density at radius 1 is 0.957 bits per heavy atom. The first-order valence-corrected chi connectivity index (χ1v) is 7.95. The maximum Gasteiger partial charge on any atom is 0.176 e. The molecule has 3 rings (SSSR count). The maximum atomic E-state index is 12.3. The Morgan fingerprint density at radius 3 is 2.43 bits per heavy atom. The molecule has 3 aromatic carbocycles. The van der Waals surface area contributed by atoms with E-state index in [1.54, 1.807) is 24.3 Å². The van der Waals surface area contributed by atoms with Crippen molar-refractivity contribution < 1.29 is 4.79 Å². The molecule has 0 unspecified atom stereocenters. The minimum atomic E-state index is 0.101. The number of ketones is 1. The quantitative estimate of drug-likeness (QED) is 0.628. The Kier molecular flexibility index (Phi) is 4.75. The molecule has 3 aromatic rings. The van der Waals surface area contributed by atoms with Gasteiger partial charge in [-0.3, -0.25) is 9.69 Å². The summed E-state index contributed by atoms with van der Waals surface area (Å²) in [6.45, 7) is 1.12. The van der Waals surface area contributed by atoms with Gasteiger partial charge in [-0.05, 0) is 47.6 Å². The molecule has 3 heteroatoms. The van der Waals surface area contributed by atoms with Gasteiger partial charge in [0, 0.05) is 17.1 Å². The molecule has 2 nitrogen and oxygen atoms in total. The van der Waals surface area contributed by atoms with Gasteiger partial charge in [0.25, 0.3) is 0 Å². The molecule has 0 aliphatic rings. The number of Topliss-reactive ketones (excluding diaryl/α,β-unsaturated/α-hetero) is 1. The predicted octanol–water partition coefficient (Wildman–Crippen LogP) is 4.81. The second-order valence-corrected chi connectivity index (χ2v) is 6.18. The van der Waals surface area contributed by atoms with Crippen molar-refractivity contribution in [3.8, 4) is 0 Å². The summed E-state index contributed by atoms with van der Waals surface area (Å²) in [5.74, 6) is 0.101. The molecule has 0 N–H and O–H groups in total. The molecule has 0 amide bonds. The van der Waals surface area contributed by atoms with E-state index < -0.39 is 0 Å². The Bertz CT molecular complexity index is 821. The molecule has 0 bridgehead atoms. The summed E-state index contributed by atoms with van der Waals surface area (Å²) in [6.07, 6.45) is 0. The molecule has 23 heavy (non-hydrogen) atoms. The number of likely N-dealkylation sites (N-methyl/N-ethyl adjacent to an activating group) is 1. The van der Waals surface area contributed by atoms with Gasteiger partial charge in [-0.2, -0.15) is 0 Å². The first kappa shape index (κ1) is 15.7. The van der Waals surface area contributed by atoms with E-state index in [1.165, 1.54) is 16.3 Å². The zero-order chi connectivity index (χ0) is 16.2. The van der Waals surface area contributed by atoms with Crippen LogP contribution in [0, 0.1) is 0 Å². The van der Waals surface area contributed by atoms with Crippen LogP contribution in [-0.4, -0.2) is 24.3 Å². The van der Waals surface area contributed by atoms with Gasteiger partial charge in [-0.1, -0.05) is 54.1 Å². The van der Waals surface area contributed by atoms with E-state index in [2.05, 4.69) is 30.3 Å². The van der Waals surface area contributed by atoms with Crippen LogP contribution in [-0.2, 0) is 6.54 Å². The number of halogens is 1. The average molecular weight is 324 g/mol. The monoisotopic (exact) mass is 323 g/mol. The summed E-state index contributed by atoms with van der Waals surface area (Å²) in [6, 6.07) is 21.7. The third-order valence-corrected chi connectivity index (χ3v) is 4.15. The van der Waals surface area contributed by atoms with Crippen LogP contribution in [0.5, 0.6) is 0 Å². The second-order valence-electron chi connectivity index (χ2n) is 5.74. The van der Waals surface area contributed by atoms with Gasteiger partial charge in [0.2, 0.25) is 0 Å². The highest BCUT2D eigenvalue weighted by Gasteiger charge is 2.11. The van der Waals surface area contributed by atoms with Crippen LogP contribution in [0.1, 0.15) is 15.9 Å². The zero-order valence-corrected chi connectivity index (χ0v) is 13.8. The van der Waals surface area contributed by atoms with Crippen LogP contribution in [0.25, 0.3) is 10.8 Å². The zero-order valence-electron chi connectivity index (χ0n) is 13.0. The summed E-state index contributed by atoms with van der Waals surface area (Å²) in [5.41, 5.74) is 1.92. The summed E-state index contributed by atoms with van der Waals surface area (Å²) >= 11 is 5.86. The van der Waals surface area contributed by atoms with Gasteiger partial charge in [0.05, 0.1) is 6.54 Å². The van der Waals surface area contributed by atoms with Crippen LogP contribution in [0.15, 0.2) is 66.7 Å². The van der Waals surface area contributed by atoms with Gasteiger partial charge in [-0.15, -0.1) is 0 Å². The molecule has 116 valence electrons. The highest BCUT2D eigenvalue weighted by molar-refractivity contribution is 6.30. The normalized spacial score (nSPS) is 11.1. The standard InChI is InChI=1S/C20H18ClNO/c1-22(14-20(23)16-9-11-18(21)12-10-16)13-17-7-4-6-15-5-2-3-8-19(15)17/h2-12H,13-14H2,1H3. The minimum Gasteiger partial charge on any atom is -0.295 e. The number of fused-ring (bicyclic) bond motifs is 1. The molecule has 0 aliphatic heterocycles. The van der Waals surface area contributed by atoms with Crippen molar-refractivity contribution in [2.45, 2.75) is 6.54 Å². The van der Waals surface area contributed by atoms with Gasteiger partial charge < -0.3 is 0 Å². The van der Waals surface area contributed by atoms with Crippen molar-refractivity contribution in [3.63, 3.8) is 0 Å². The van der Waals surface area contributed by atoms with E-state index in [0.717, 1.165) is 6.54 Å². The van der Waals surface area contributed by atoms with E-state index >= 15 is 0 Å². The van der Waals surface area contributed by atoms with Gasteiger partial charge in [0.15, 0.2) is 5.78 Å². The summed E-state index contributed by atoms with van der Waals surface area (Å²) in [5, 5.41) is 3.11. The lowest BCUT2D eigenvalue weighted by Gasteiger charge is -2.17. The Morgan fingerprint density at radius 2 is 1.65 bits per heavy atom. The SMILES string of the molecule is CN(CC(=O)c1ccc(Cl)cc1)Cc1cccc2ccccc12. The van der Waals surface area contributed by atoms with Crippen molar-refractivity contribution in [2.75, 3.05) is 13.6 Å². The second kappa shape index (κ2) is 6.95. The molecule has 0 saturated heterocycles. The summed E-state index contributed by atoms with van der Waals surface area (Å²) in [7, 11) is 1.97. The van der Waals surface area contributed by atoms with E-state index in [9.17, 15) is 4.79 Å². The molecule has 0 fully saturated rings. The smallest absolute Gasteiger partial charge is 0.176 e. The number of carbonyl (C=O) groups is 1. The number of rotatable bonds is 5. The first-order valence-electron chi connectivity index (χ1n) is 7.57. The Balaban J connectivity index is 1.72. The van der Waals surface area contributed by atoms with E-state index in [-0.39, 0.29) is 5.78 Å². The topological polar surface area (TPSA) is 20.3 Å². The van der Waals surface area contributed by atoms with Crippen molar-refractivity contribution >= 4 is 28.2 Å². The number of hydrogen-bond acceptors (Lipinski definition) is 2. The van der Waals surface area contributed by atoms with Crippen LogP contribution in [0.2, 0.25) is 5.02 Å². The van der Waals surface area contributed by atoms with Gasteiger partial charge in [0.1, 0.15) is 0 Å². The molecular weight excluding hydrogens is 306 g/mol. The molecule has 0 heterocycles. The van der Waals surface area contributed by atoms with Crippen LogP contribution < -0.4 is 0 Å². The Labute approximate surface area is 141 Å². The van der Waals surface area contributed by atoms with Crippen LogP contribution in [0.3, 0.4) is 0 Å². The van der Waals surface area contributed by atoms with Crippen molar-refractivity contribution in [3.05, 3.63) is 82.9 Å². The Hall–Kier alpha value is -2.16. The molecule has 0 aliphatic carbocycles. The molecular formula is C20H18ClNO. The van der Waals surface area contributed by atoms with E-state index in [0.29, 0.717) is 17.1 Å². The lowest BCUT2D eigenvalue weighted by atomic mass is 10.0. The first-order chi connectivity index (χ1) is 11.1. The average Bonchev–Trinajstić information content (AvgIpc) is 2.55. The lowest BCUT2D eigenvalue weighted by molar-refractivity contribution is 0.0943. The molecule has 0 saturated carbocycles. The van der Waals surface area contributed by atoms with Crippen LogP contribution in [0.4, 0.5) is 0 Å². The number of nitrogens with zero attached hydrogens (tertiary/aromatic N) is 1. The summed E-state index contributed by atoms with van der Waals surface area (Å²) < 4.78 is 0. The van der Waals surface area contributed by atoms with E-state index in [4.69, 9.17) is 11.6 Å². The predicted molar refractivity (Wildman–Crippen MR) is 96.1 cm³/mol. The van der Waals surface area contributed by atoms with Crippen LogP contribution >= 0.6 is 11.6 Å². The fraction of sp³-hybridized carbons (Fsp3) is 0.150. The largest absolute Gasteiger partial charge is 0.295 e. The minimum absolute atomic E-state index is 0.101. The number of carbonyl (C=O) groups excluding carboxylic acids is 1. The van der Waals surface area contributed by atoms with E-state index in [1.807, 2.05) is 24.1 Å². The molecule has 0 radical (unpaired) electrons. The lowest BCUT2D eigenvalue weighted by Crippen LogP contribution is -2.25. The maximum absolute atomic E-state index is 12.3. The number of hydrogen-bond donors (Lipinski definition) is 0. The molecule has 0 atom stereocenters.